The number of hydrogen-bond donors (Lipinski definition) is 2. The molecule has 0 aromatic carbocycles. The molecule has 3 nitrogen and oxygen atoms in total. The zero-order valence-corrected chi connectivity index (χ0v) is 9.51. The topological polar surface area (TPSA) is 47.3 Å². The first-order chi connectivity index (χ1) is 6.66. The van der Waals surface area contributed by atoms with E-state index in [1.807, 2.05) is 0 Å². The van der Waals surface area contributed by atoms with Crippen molar-refractivity contribution in [3.63, 3.8) is 0 Å². The number of rotatable bonds is 8. The smallest absolute Gasteiger partial charge is 0.0462 e. The standard InChI is InChI=1S/C11H24N2O/c1-11(5-6-11)9-13-8-10(12)4-3-7-14-2/h10,13H,3-9,12H2,1-2H3. The lowest BCUT2D eigenvalue weighted by molar-refractivity contribution is 0.190. The molecule has 3 N–H and O–H groups in total. The first kappa shape index (κ1) is 12.0. The van der Waals surface area contributed by atoms with Gasteiger partial charge in [0, 0.05) is 32.8 Å². The van der Waals surface area contributed by atoms with Crippen LogP contribution in [0.3, 0.4) is 0 Å². The molecule has 0 amide bonds. The van der Waals surface area contributed by atoms with Gasteiger partial charge in [0.25, 0.3) is 0 Å². The summed E-state index contributed by atoms with van der Waals surface area (Å²) in [5.74, 6) is 0. The third kappa shape index (κ3) is 4.94. The summed E-state index contributed by atoms with van der Waals surface area (Å²) in [4.78, 5) is 0. The molecule has 0 aliphatic heterocycles. The van der Waals surface area contributed by atoms with Gasteiger partial charge in [-0.05, 0) is 31.1 Å². The predicted molar refractivity (Wildman–Crippen MR) is 59.3 cm³/mol. The molecule has 1 fully saturated rings. The van der Waals surface area contributed by atoms with Gasteiger partial charge in [0.2, 0.25) is 0 Å². The molecule has 0 spiro atoms. The van der Waals surface area contributed by atoms with E-state index in [-0.39, 0.29) is 6.04 Å². The van der Waals surface area contributed by atoms with Crippen LogP contribution in [0.5, 0.6) is 0 Å². The van der Waals surface area contributed by atoms with Crippen molar-refractivity contribution in [2.45, 2.75) is 38.6 Å². The molecule has 3 heteroatoms. The maximum Gasteiger partial charge on any atom is 0.0462 e. The molecular formula is C11H24N2O. The van der Waals surface area contributed by atoms with Gasteiger partial charge in [-0.15, -0.1) is 0 Å². The molecule has 1 aliphatic rings. The summed E-state index contributed by atoms with van der Waals surface area (Å²) in [5.41, 5.74) is 6.54. The van der Waals surface area contributed by atoms with Crippen LogP contribution in [0.15, 0.2) is 0 Å². The molecule has 0 radical (unpaired) electrons. The Labute approximate surface area is 87.4 Å². The van der Waals surface area contributed by atoms with Crippen molar-refractivity contribution in [3.05, 3.63) is 0 Å². The molecule has 0 saturated heterocycles. The summed E-state index contributed by atoms with van der Waals surface area (Å²) in [5, 5.41) is 3.45. The molecule has 1 unspecified atom stereocenters. The van der Waals surface area contributed by atoms with Crippen molar-refractivity contribution in [2.24, 2.45) is 11.1 Å². The number of methoxy groups -OCH3 is 1. The van der Waals surface area contributed by atoms with Crippen molar-refractivity contribution in [1.82, 2.24) is 5.32 Å². The van der Waals surface area contributed by atoms with E-state index < -0.39 is 0 Å². The maximum absolute atomic E-state index is 5.95. The van der Waals surface area contributed by atoms with E-state index in [0.717, 1.165) is 32.5 Å². The van der Waals surface area contributed by atoms with Gasteiger partial charge in [-0.25, -0.2) is 0 Å². The van der Waals surface area contributed by atoms with Crippen LogP contribution in [0.2, 0.25) is 0 Å². The molecule has 1 atom stereocenters. The van der Waals surface area contributed by atoms with Gasteiger partial charge in [0.05, 0.1) is 0 Å². The Morgan fingerprint density at radius 3 is 2.79 bits per heavy atom. The molecule has 1 aliphatic carbocycles. The van der Waals surface area contributed by atoms with Crippen molar-refractivity contribution in [3.8, 4) is 0 Å². The van der Waals surface area contributed by atoms with Gasteiger partial charge in [0.1, 0.15) is 0 Å². The summed E-state index contributed by atoms with van der Waals surface area (Å²) in [7, 11) is 1.73. The first-order valence-corrected chi connectivity index (χ1v) is 5.61. The Morgan fingerprint density at radius 1 is 1.50 bits per heavy atom. The fourth-order valence-electron chi connectivity index (χ4n) is 1.54. The fourth-order valence-corrected chi connectivity index (χ4v) is 1.54. The average Bonchev–Trinajstić information content (AvgIpc) is 2.84. The normalized spacial score (nSPS) is 20.8. The van der Waals surface area contributed by atoms with Crippen molar-refractivity contribution < 1.29 is 4.74 Å². The van der Waals surface area contributed by atoms with Crippen LogP contribution in [0.4, 0.5) is 0 Å². The highest BCUT2D eigenvalue weighted by atomic mass is 16.5. The molecule has 84 valence electrons. The molecule has 0 heterocycles. The zero-order valence-electron chi connectivity index (χ0n) is 9.51. The second-order valence-corrected chi connectivity index (χ2v) is 4.84. The van der Waals surface area contributed by atoms with E-state index in [1.54, 1.807) is 7.11 Å². The molecule has 1 rings (SSSR count). The lowest BCUT2D eigenvalue weighted by Gasteiger charge is -2.14. The van der Waals surface area contributed by atoms with Gasteiger partial charge in [0.15, 0.2) is 0 Å². The van der Waals surface area contributed by atoms with Crippen LogP contribution >= 0.6 is 0 Å². The van der Waals surface area contributed by atoms with E-state index in [1.165, 1.54) is 12.8 Å². The maximum atomic E-state index is 5.95. The van der Waals surface area contributed by atoms with Gasteiger partial charge >= 0.3 is 0 Å². The Balaban J connectivity index is 1.89. The SMILES string of the molecule is COCCCC(N)CNCC1(C)CC1. The van der Waals surface area contributed by atoms with E-state index in [4.69, 9.17) is 10.5 Å². The van der Waals surface area contributed by atoms with Crippen LogP contribution in [0.25, 0.3) is 0 Å². The van der Waals surface area contributed by atoms with E-state index in [9.17, 15) is 0 Å². The number of nitrogens with one attached hydrogen (secondary N) is 1. The fraction of sp³-hybridized carbons (Fsp3) is 1.00. The minimum Gasteiger partial charge on any atom is -0.385 e. The Bertz CT molecular complexity index is 157. The van der Waals surface area contributed by atoms with Gasteiger partial charge in [-0.3, -0.25) is 0 Å². The Kier molecular flexibility index (Phi) is 4.85. The summed E-state index contributed by atoms with van der Waals surface area (Å²) in [6.45, 7) is 5.23. The highest BCUT2D eigenvalue weighted by Gasteiger charge is 2.36. The zero-order chi connectivity index (χ0) is 10.4. The molecule has 14 heavy (non-hydrogen) atoms. The van der Waals surface area contributed by atoms with E-state index in [2.05, 4.69) is 12.2 Å². The lowest BCUT2D eigenvalue weighted by atomic mass is 10.1. The Hall–Kier alpha value is -0.120. The monoisotopic (exact) mass is 200 g/mol. The number of hydrogen-bond acceptors (Lipinski definition) is 3. The first-order valence-electron chi connectivity index (χ1n) is 5.61. The largest absolute Gasteiger partial charge is 0.385 e. The van der Waals surface area contributed by atoms with Crippen LogP contribution < -0.4 is 11.1 Å². The van der Waals surface area contributed by atoms with Crippen molar-refractivity contribution in [2.75, 3.05) is 26.8 Å². The second-order valence-electron chi connectivity index (χ2n) is 4.84. The number of ether oxygens (including phenoxy) is 1. The number of nitrogens with two attached hydrogens (primary N) is 1. The van der Waals surface area contributed by atoms with Crippen LogP contribution in [-0.4, -0.2) is 32.8 Å². The Morgan fingerprint density at radius 2 is 2.21 bits per heavy atom. The van der Waals surface area contributed by atoms with Crippen LogP contribution in [0.1, 0.15) is 32.6 Å². The highest BCUT2D eigenvalue weighted by molar-refractivity contribution is 4.90. The molecular weight excluding hydrogens is 176 g/mol. The summed E-state index contributed by atoms with van der Waals surface area (Å²) < 4.78 is 4.98. The summed E-state index contributed by atoms with van der Waals surface area (Å²) in [6, 6.07) is 0.285. The predicted octanol–water partition coefficient (Wildman–Crippen LogP) is 1.13. The molecule has 0 aromatic heterocycles. The molecule has 1 saturated carbocycles. The summed E-state index contributed by atoms with van der Waals surface area (Å²) >= 11 is 0. The molecule has 0 bridgehead atoms. The van der Waals surface area contributed by atoms with Crippen LogP contribution in [0, 0.1) is 5.41 Å². The quantitative estimate of drug-likeness (QED) is 0.577. The van der Waals surface area contributed by atoms with E-state index in [0.29, 0.717) is 5.41 Å². The summed E-state index contributed by atoms with van der Waals surface area (Å²) in [6.07, 6.45) is 4.87. The van der Waals surface area contributed by atoms with Crippen molar-refractivity contribution >= 4 is 0 Å². The minimum atomic E-state index is 0.285. The average molecular weight is 200 g/mol. The van der Waals surface area contributed by atoms with E-state index >= 15 is 0 Å². The van der Waals surface area contributed by atoms with Gasteiger partial charge in [-0.1, -0.05) is 6.92 Å². The molecule has 0 aromatic rings. The minimum absolute atomic E-state index is 0.285. The van der Waals surface area contributed by atoms with Crippen LogP contribution in [-0.2, 0) is 4.74 Å². The second kappa shape index (κ2) is 5.69. The van der Waals surface area contributed by atoms with Crippen molar-refractivity contribution in [1.29, 1.82) is 0 Å². The van der Waals surface area contributed by atoms with Gasteiger partial charge < -0.3 is 15.8 Å². The third-order valence-corrected chi connectivity index (χ3v) is 2.99. The lowest BCUT2D eigenvalue weighted by Crippen LogP contribution is -2.36. The third-order valence-electron chi connectivity index (χ3n) is 2.99. The highest BCUT2D eigenvalue weighted by Crippen LogP contribution is 2.43. The van der Waals surface area contributed by atoms with Gasteiger partial charge in [-0.2, -0.15) is 0 Å².